The van der Waals surface area contributed by atoms with Gasteiger partial charge in [0.05, 0.1) is 6.33 Å². The third-order valence-corrected chi connectivity index (χ3v) is 1.31. The number of hydrogen-bond donors (Lipinski definition) is 3. The van der Waals surface area contributed by atoms with Crippen molar-refractivity contribution in [3.8, 4) is 0 Å². The number of carboxylic acid groups (broad SMARTS) is 1. The quantitative estimate of drug-likeness (QED) is 0.632. The topological polar surface area (TPSA) is 92.0 Å². The number of carboxylic acids is 1. The number of rotatable bonds is 3. The molecule has 0 aromatic carbocycles. The van der Waals surface area contributed by atoms with E-state index in [-0.39, 0.29) is 28.8 Å². The molecule has 0 saturated heterocycles. The molecular formula is C6H9AgN3O2. The van der Waals surface area contributed by atoms with Gasteiger partial charge in [-0.3, -0.25) is 4.79 Å². The summed E-state index contributed by atoms with van der Waals surface area (Å²) in [6.07, 6.45) is 3.34. The summed E-state index contributed by atoms with van der Waals surface area (Å²) in [4.78, 5) is 16.8. The summed E-state index contributed by atoms with van der Waals surface area (Å²) in [5.41, 5.74) is 6.00. The molecular weight excluding hydrogens is 254 g/mol. The summed E-state index contributed by atoms with van der Waals surface area (Å²) in [5.74, 6) is -1.00. The van der Waals surface area contributed by atoms with Crippen molar-refractivity contribution in [3.05, 3.63) is 18.2 Å². The second-order valence-corrected chi connectivity index (χ2v) is 2.23. The molecule has 0 unspecified atom stereocenters. The van der Waals surface area contributed by atoms with Gasteiger partial charge in [0.25, 0.3) is 0 Å². The van der Waals surface area contributed by atoms with Crippen LogP contribution in [0, 0.1) is 0 Å². The maximum atomic E-state index is 10.3. The molecule has 0 fully saturated rings. The van der Waals surface area contributed by atoms with E-state index >= 15 is 0 Å². The van der Waals surface area contributed by atoms with E-state index in [0.717, 1.165) is 5.69 Å². The summed E-state index contributed by atoms with van der Waals surface area (Å²) < 4.78 is 0. The van der Waals surface area contributed by atoms with Gasteiger partial charge in [0.2, 0.25) is 0 Å². The average molecular weight is 263 g/mol. The Hall–Kier alpha value is -0.620. The zero-order chi connectivity index (χ0) is 8.27. The van der Waals surface area contributed by atoms with Crippen molar-refractivity contribution in [2.45, 2.75) is 12.5 Å². The van der Waals surface area contributed by atoms with Gasteiger partial charge in [0.15, 0.2) is 0 Å². The fraction of sp³-hybridized carbons (Fsp3) is 0.333. The normalized spacial score (nSPS) is 11.8. The van der Waals surface area contributed by atoms with Crippen molar-refractivity contribution in [2.24, 2.45) is 5.73 Å². The van der Waals surface area contributed by atoms with Crippen molar-refractivity contribution in [3.63, 3.8) is 0 Å². The van der Waals surface area contributed by atoms with Gasteiger partial charge in [0.1, 0.15) is 6.04 Å². The van der Waals surface area contributed by atoms with Gasteiger partial charge in [-0.15, -0.1) is 0 Å². The molecule has 0 amide bonds. The van der Waals surface area contributed by atoms with Crippen LogP contribution >= 0.6 is 0 Å². The molecule has 0 aliphatic carbocycles. The number of imidazole rings is 1. The number of aromatic nitrogens is 2. The Morgan fingerprint density at radius 1 is 1.83 bits per heavy atom. The van der Waals surface area contributed by atoms with Crippen LogP contribution in [0.15, 0.2) is 12.5 Å². The second-order valence-electron chi connectivity index (χ2n) is 2.23. The predicted octanol–water partition coefficient (Wildman–Crippen LogP) is -0.638. The molecule has 0 aliphatic heterocycles. The molecule has 0 saturated carbocycles. The van der Waals surface area contributed by atoms with Gasteiger partial charge in [-0.25, -0.2) is 4.98 Å². The van der Waals surface area contributed by atoms with Gasteiger partial charge in [-0.1, -0.05) is 0 Å². The largest absolute Gasteiger partial charge is 0.480 e. The van der Waals surface area contributed by atoms with Gasteiger partial charge in [0, 0.05) is 40.7 Å². The SMILES string of the molecule is N[C@@H](Cc1cnc[nH]1)C(=O)O.[Ag]. The van der Waals surface area contributed by atoms with Crippen molar-refractivity contribution >= 4 is 5.97 Å². The molecule has 1 aromatic heterocycles. The van der Waals surface area contributed by atoms with E-state index in [0.29, 0.717) is 0 Å². The smallest absolute Gasteiger partial charge is 0.320 e. The van der Waals surface area contributed by atoms with Gasteiger partial charge >= 0.3 is 5.97 Å². The van der Waals surface area contributed by atoms with Crippen LogP contribution in [-0.2, 0) is 33.6 Å². The van der Waals surface area contributed by atoms with Crippen LogP contribution in [0.2, 0.25) is 0 Å². The Morgan fingerprint density at radius 3 is 2.92 bits per heavy atom. The first-order chi connectivity index (χ1) is 5.20. The average Bonchev–Trinajstić information content (AvgIpc) is 2.39. The fourth-order valence-electron chi connectivity index (χ4n) is 0.721. The minimum Gasteiger partial charge on any atom is -0.480 e. The number of nitrogens with one attached hydrogen (secondary N) is 1. The number of nitrogens with zero attached hydrogens (tertiary/aromatic N) is 1. The number of aromatic amines is 1. The van der Waals surface area contributed by atoms with Crippen LogP contribution in [0.25, 0.3) is 0 Å². The number of carbonyl (C=O) groups is 1. The van der Waals surface area contributed by atoms with E-state index in [1.165, 1.54) is 6.33 Å². The zero-order valence-corrected chi connectivity index (χ0v) is 7.60. The Bertz CT molecular complexity index is 237. The molecule has 1 radical (unpaired) electrons. The zero-order valence-electron chi connectivity index (χ0n) is 6.12. The summed E-state index contributed by atoms with van der Waals surface area (Å²) in [6, 6.07) is -0.851. The van der Waals surface area contributed by atoms with E-state index in [9.17, 15) is 4.79 Å². The molecule has 6 heteroatoms. The number of H-pyrrole nitrogens is 1. The Labute approximate surface area is 84.9 Å². The third kappa shape index (κ3) is 3.19. The molecule has 0 spiro atoms. The number of aliphatic carboxylic acids is 1. The molecule has 1 heterocycles. The first kappa shape index (κ1) is 11.4. The third-order valence-electron chi connectivity index (χ3n) is 1.31. The van der Waals surface area contributed by atoms with Crippen LogP contribution < -0.4 is 5.73 Å². The Balaban J connectivity index is 0.00000121. The van der Waals surface area contributed by atoms with Crippen LogP contribution in [-0.4, -0.2) is 27.1 Å². The molecule has 1 atom stereocenters. The Morgan fingerprint density at radius 2 is 2.50 bits per heavy atom. The molecule has 1 rings (SSSR count). The molecule has 1 aromatic rings. The van der Waals surface area contributed by atoms with E-state index in [1.807, 2.05) is 0 Å². The van der Waals surface area contributed by atoms with Gasteiger partial charge < -0.3 is 15.8 Å². The van der Waals surface area contributed by atoms with Crippen LogP contribution in [0.1, 0.15) is 5.69 Å². The first-order valence-corrected chi connectivity index (χ1v) is 3.16. The molecule has 12 heavy (non-hydrogen) atoms. The Kier molecular flexibility index (Phi) is 4.84. The van der Waals surface area contributed by atoms with E-state index in [1.54, 1.807) is 6.20 Å². The van der Waals surface area contributed by atoms with Gasteiger partial charge in [-0.2, -0.15) is 0 Å². The van der Waals surface area contributed by atoms with Crippen molar-refractivity contribution in [1.29, 1.82) is 0 Å². The van der Waals surface area contributed by atoms with Crippen molar-refractivity contribution in [2.75, 3.05) is 0 Å². The van der Waals surface area contributed by atoms with Crippen LogP contribution in [0.4, 0.5) is 0 Å². The molecule has 0 aliphatic rings. The minimum absolute atomic E-state index is 0. The molecule has 4 N–H and O–H groups in total. The maximum absolute atomic E-state index is 10.3. The van der Waals surface area contributed by atoms with E-state index < -0.39 is 12.0 Å². The molecule has 0 bridgehead atoms. The maximum Gasteiger partial charge on any atom is 0.320 e. The van der Waals surface area contributed by atoms with E-state index in [4.69, 9.17) is 10.8 Å². The van der Waals surface area contributed by atoms with Crippen molar-refractivity contribution < 1.29 is 32.3 Å². The predicted molar refractivity (Wildman–Crippen MR) is 37.9 cm³/mol. The molecule has 5 nitrogen and oxygen atoms in total. The number of nitrogens with two attached hydrogens (primary N) is 1. The molecule has 71 valence electrons. The van der Waals surface area contributed by atoms with Crippen molar-refractivity contribution in [1.82, 2.24) is 9.97 Å². The fourth-order valence-corrected chi connectivity index (χ4v) is 0.721. The summed E-state index contributed by atoms with van der Waals surface area (Å²) in [5, 5.41) is 8.42. The standard InChI is InChI=1S/C6H9N3O2.Ag/c7-5(6(10)11)1-4-2-8-3-9-4;/h2-3,5H,1,7H2,(H,8,9)(H,10,11);/t5-;/m0./s1. The monoisotopic (exact) mass is 262 g/mol. The van der Waals surface area contributed by atoms with Gasteiger partial charge in [-0.05, 0) is 0 Å². The summed E-state index contributed by atoms with van der Waals surface area (Å²) in [7, 11) is 0. The summed E-state index contributed by atoms with van der Waals surface area (Å²) in [6.45, 7) is 0. The summed E-state index contributed by atoms with van der Waals surface area (Å²) >= 11 is 0. The second kappa shape index (κ2) is 5.10. The van der Waals surface area contributed by atoms with E-state index in [2.05, 4.69) is 9.97 Å². The van der Waals surface area contributed by atoms with Crippen LogP contribution in [0.3, 0.4) is 0 Å². The minimum atomic E-state index is -1.00. The van der Waals surface area contributed by atoms with Crippen LogP contribution in [0.5, 0.6) is 0 Å². The first-order valence-electron chi connectivity index (χ1n) is 3.16. The number of hydrogen-bond acceptors (Lipinski definition) is 3.